The van der Waals surface area contributed by atoms with E-state index in [9.17, 15) is 26.3 Å². The summed E-state index contributed by atoms with van der Waals surface area (Å²) in [7, 11) is 3.73. The van der Waals surface area contributed by atoms with Crippen LogP contribution in [0.15, 0.2) is 48.2 Å². The van der Waals surface area contributed by atoms with Gasteiger partial charge in [-0.05, 0) is 61.9 Å². The number of allylic oxidation sites excluding steroid dienone is 1. The minimum Gasteiger partial charge on any atom is -0.347 e. The van der Waals surface area contributed by atoms with Gasteiger partial charge in [-0.3, -0.25) is 4.90 Å². The molecule has 0 spiro atoms. The maximum absolute atomic E-state index is 13.3. The fraction of sp³-hybridized carbons (Fsp3) is 0.440. The fourth-order valence-corrected chi connectivity index (χ4v) is 5.48. The summed E-state index contributed by atoms with van der Waals surface area (Å²) in [4.78, 5) is 2.84. The van der Waals surface area contributed by atoms with Gasteiger partial charge < -0.3 is 4.90 Å². The van der Waals surface area contributed by atoms with Crippen LogP contribution >= 0.6 is 0 Å². The maximum Gasteiger partial charge on any atom is 0.416 e. The lowest BCUT2D eigenvalue weighted by molar-refractivity contribution is -0.828. The SMILES string of the molecule is CN1/C(=C/C2[NH+](C)c3ccc(C(F)(F)F)cc3C2(C)C)C(C)(C)c2cc(C(F)(F)F)ccc21. The first-order valence-corrected chi connectivity index (χ1v) is 10.7. The van der Waals surface area contributed by atoms with E-state index in [-0.39, 0.29) is 6.04 Å². The molecule has 0 amide bonds. The van der Waals surface area contributed by atoms with Crippen LogP contribution in [-0.4, -0.2) is 20.1 Å². The van der Waals surface area contributed by atoms with Crippen molar-refractivity contribution in [1.82, 2.24) is 0 Å². The molecule has 0 fully saturated rings. The number of rotatable bonds is 1. The minimum absolute atomic E-state index is 0.205. The van der Waals surface area contributed by atoms with Crippen LogP contribution in [0.5, 0.6) is 0 Å². The number of nitrogens with one attached hydrogen (secondary N) is 1. The predicted octanol–water partition coefficient (Wildman–Crippen LogP) is 5.84. The number of likely N-dealkylation sites (N-methyl/N-ethyl adjacent to an activating group) is 2. The second kappa shape index (κ2) is 7.01. The zero-order valence-electron chi connectivity index (χ0n) is 19.3. The van der Waals surface area contributed by atoms with E-state index >= 15 is 0 Å². The zero-order valence-corrected chi connectivity index (χ0v) is 19.3. The Bertz CT molecular complexity index is 1140. The van der Waals surface area contributed by atoms with Crippen LogP contribution in [0.25, 0.3) is 0 Å². The third-order valence-electron chi connectivity index (χ3n) is 7.39. The molecular formula is C25H27F6N2+. The highest BCUT2D eigenvalue weighted by Gasteiger charge is 2.50. The predicted molar refractivity (Wildman–Crippen MR) is 116 cm³/mol. The summed E-state index contributed by atoms with van der Waals surface area (Å²) >= 11 is 0. The molecule has 2 aliphatic rings. The van der Waals surface area contributed by atoms with Crippen LogP contribution in [0.2, 0.25) is 0 Å². The largest absolute Gasteiger partial charge is 0.416 e. The van der Waals surface area contributed by atoms with Crippen molar-refractivity contribution in [2.24, 2.45) is 0 Å². The van der Waals surface area contributed by atoms with Crippen LogP contribution in [0.4, 0.5) is 37.7 Å². The average molecular weight is 469 g/mol. The van der Waals surface area contributed by atoms with Gasteiger partial charge in [-0.25, -0.2) is 0 Å². The van der Waals surface area contributed by atoms with Crippen molar-refractivity contribution in [3.05, 3.63) is 70.4 Å². The Morgan fingerprint density at radius 1 is 0.848 bits per heavy atom. The Labute approximate surface area is 189 Å². The lowest BCUT2D eigenvalue weighted by Gasteiger charge is -2.30. The molecule has 2 aromatic rings. The molecule has 0 saturated heterocycles. The second-order valence-electron chi connectivity index (χ2n) is 10.1. The molecule has 0 bridgehead atoms. The summed E-state index contributed by atoms with van der Waals surface area (Å²) in [6, 6.07) is 7.43. The van der Waals surface area contributed by atoms with Gasteiger partial charge in [0, 0.05) is 29.4 Å². The van der Waals surface area contributed by atoms with Gasteiger partial charge in [0.15, 0.2) is 0 Å². The third-order valence-corrected chi connectivity index (χ3v) is 7.39. The Kier molecular flexibility index (Phi) is 5.03. The van der Waals surface area contributed by atoms with Crippen molar-refractivity contribution in [2.75, 3.05) is 19.0 Å². The van der Waals surface area contributed by atoms with Crippen molar-refractivity contribution in [2.45, 2.75) is 56.9 Å². The summed E-state index contributed by atoms with van der Waals surface area (Å²) in [6.45, 7) is 7.60. The van der Waals surface area contributed by atoms with E-state index in [1.165, 1.54) is 24.3 Å². The summed E-state index contributed by atoms with van der Waals surface area (Å²) in [5, 5.41) is 0. The zero-order chi connectivity index (χ0) is 24.7. The quantitative estimate of drug-likeness (QED) is 0.516. The Morgan fingerprint density at radius 2 is 1.36 bits per heavy atom. The van der Waals surface area contributed by atoms with E-state index in [1.54, 1.807) is 0 Å². The molecule has 0 saturated carbocycles. The van der Waals surface area contributed by atoms with Crippen molar-refractivity contribution < 1.29 is 31.2 Å². The van der Waals surface area contributed by atoms with E-state index < -0.39 is 34.3 Å². The smallest absolute Gasteiger partial charge is 0.347 e. The van der Waals surface area contributed by atoms with Crippen LogP contribution < -0.4 is 9.80 Å². The van der Waals surface area contributed by atoms with E-state index in [0.717, 1.165) is 28.4 Å². The molecule has 2 aromatic carbocycles. The molecule has 2 atom stereocenters. The average Bonchev–Trinajstić information content (AvgIpc) is 3.00. The highest BCUT2D eigenvalue weighted by atomic mass is 19.4. The molecule has 178 valence electrons. The number of anilines is 1. The van der Waals surface area contributed by atoms with Gasteiger partial charge >= 0.3 is 12.4 Å². The standard InChI is InChI=1S/C25H26F6N2/c1-22(2)16-11-14(24(26,27)28)7-9-18(16)32(5)20(22)13-21-23(3,4)17-12-15(25(29,30)31)8-10-19(17)33(21)6/h7-13,20H,1-6H3/p+1/b21-13+. The third kappa shape index (κ3) is 3.54. The van der Waals surface area contributed by atoms with Crippen molar-refractivity contribution in [1.29, 1.82) is 0 Å². The molecule has 0 aliphatic carbocycles. The number of nitrogens with zero attached hydrogens (tertiary/aromatic N) is 1. The van der Waals surface area contributed by atoms with Gasteiger partial charge in [-0.2, -0.15) is 26.3 Å². The van der Waals surface area contributed by atoms with Crippen molar-refractivity contribution in [3.8, 4) is 0 Å². The maximum atomic E-state index is 13.3. The number of fused-ring (bicyclic) bond motifs is 2. The highest BCUT2D eigenvalue weighted by Crippen LogP contribution is 2.50. The number of halogens is 6. The van der Waals surface area contributed by atoms with Crippen LogP contribution in [0, 0.1) is 0 Å². The lowest BCUT2D eigenvalue weighted by Crippen LogP contribution is -3.07. The van der Waals surface area contributed by atoms with Gasteiger partial charge in [-0.15, -0.1) is 0 Å². The summed E-state index contributed by atoms with van der Waals surface area (Å²) < 4.78 is 80.1. The first-order valence-electron chi connectivity index (χ1n) is 10.7. The summed E-state index contributed by atoms with van der Waals surface area (Å²) in [6.07, 6.45) is -6.84. The molecule has 1 N–H and O–H groups in total. The molecule has 4 rings (SSSR count). The molecular weight excluding hydrogens is 442 g/mol. The Morgan fingerprint density at radius 3 is 1.91 bits per heavy atom. The van der Waals surface area contributed by atoms with Crippen LogP contribution in [-0.2, 0) is 23.2 Å². The lowest BCUT2D eigenvalue weighted by atomic mass is 9.77. The number of alkyl halides is 6. The second-order valence-corrected chi connectivity index (χ2v) is 10.1. The molecule has 0 aromatic heterocycles. The van der Waals surface area contributed by atoms with Crippen LogP contribution in [0.3, 0.4) is 0 Å². The summed E-state index contributed by atoms with van der Waals surface area (Å²) in [5.74, 6) is 0. The van der Waals surface area contributed by atoms with Crippen molar-refractivity contribution >= 4 is 11.4 Å². The van der Waals surface area contributed by atoms with Gasteiger partial charge in [0.05, 0.1) is 23.6 Å². The number of hydrogen-bond donors (Lipinski definition) is 1. The highest BCUT2D eigenvalue weighted by molar-refractivity contribution is 5.71. The van der Waals surface area contributed by atoms with Gasteiger partial charge in [0.1, 0.15) is 11.7 Å². The first-order chi connectivity index (χ1) is 15.0. The normalized spacial score (nSPS) is 24.8. The monoisotopic (exact) mass is 469 g/mol. The van der Waals surface area contributed by atoms with E-state index in [2.05, 4.69) is 0 Å². The molecule has 2 nitrogen and oxygen atoms in total. The minimum atomic E-state index is -4.44. The van der Waals surface area contributed by atoms with Crippen LogP contribution in [0.1, 0.15) is 49.9 Å². The number of hydrogen-bond acceptors (Lipinski definition) is 1. The van der Waals surface area contributed by atoms with Gasteiger partial charge in [-0.1, -0.05) is 13.8 Å². The van der Waals surface area contributed by atoms with Gasteiger partial charge in [0.25, 0.3) is 0 Å². The molecule has 2 aliphatic heterocycles. The Hall–Kier alpha value is -2.48. The number of benzene rings is 2. The van der Waals surface area contributed by atoms with E-state index in [0.29, 0.717) is 16.8 Å². The topological polar surface area (TPSA) is 7.68 Å². The fourth-order valence-electron chi connectivity index (χ4n) is 5.48. The Balaban J connectivity index is 1.80. The first kappa shape index (κ1) is 23.7. The molecule has 33 heavy (non-hydrogen) atoms. The van der Waals surface area contributed by atoms with E-state index in [1.807, 2.05) is 52.8 Å². The van der Waals surface area contributed by atoms with E-state index in [4.69, 9.17) is 0 Å². The van der Waals surface area contributed by atoms with Crippen molar-refractivity contribution in [3.63, 3.8) is 0 Å². The molecule has 2 unspecified atom stereocenters. The summed E-state index contributed by atoms with van der Waals surface area (Å²) in [5.41, 5.74) is 0.849. The number of quaternary nitrogens is 1. The molecule has 2 heterocycles. The molecule has 0 radical (unpaired) electrons. The molecule has 8 heteroatoms. The van der Waals surface area contributed by atoms with Gasteiger partial charge in [0.2, 0.25) is 0 Å².